The van der Waals surface area contributed by atoms with Crippen LogP contribution in [-0.4, -0.2) is 23.1 Å². The zero-order valence-corrected chi connectivity index (χ0v) is 14.6. The molecule has 0 amide bonds. The monoisotopic (exact) mass is 338 g/mol. The van der Waals surface area contributed by atoms with E-state index in [1.54, 1.807) is 6.07 Å². The van der Waals surface area contributed by atoms with Gasteiger partial charge in [0.15, 0.2) is 0 Å². The molecule has 5 N–H and O–H groups in total. The lowest BCUT2D eigenvalue weighted by atomic mass is 10.1. The van der Waals surface area contributed by atoms with Gasteiger partial charge in [-0.1, -0.05) is 13.2 Å². The maximum Gasteiger partial charge on any atom is 0.123 e. The number of halogens is 1. The van der Waals surface area contributed by atoms with Crippen molar-refractivity contribution in [2.75, 3.05) is 13.1 Å². The molecular weight excluding hydrogens is 315 g/mol. The molecule has 0 aliphatic heterocycles. The fourth-order valence-electron chi connectivity index (χ4n) is 3.23. The normalized spacial score (nSPS) is 12.1. The lowest BCUT2D eigenvalue weighted by Crippen LogP contribution is -2.21. The molecule has 3 aromatic rings. The van der Waals surface area contributed by atoms with Gasteiger partial charge in [-0.3, -0.25) is 0 Å². The van der Waals surface area contributed by atoms with Crippen molar-refractivity contribution in [1.82, 2.24) is 15.3 Å². The molecule has 0 spiro atoms. The Morgan fingerprint density at radius 1 is 1.32 bits per heavy atom. The van der Waals surface area contributed by atoms with Crippen LogP contribution in [0.3, 0.4) is 0 Å². The minimum absolute atomic E-state index is 0.263. The molecule has 0 bridgehead atoms. The van der Waals surface area contributed by atoms with E-state index in [2.05, 4.69) is 28.4 Å². The molecule has 0 fully saturated rings. The average molecular weight is 338 g/mol. The molecule has 0 atom stereocenters. The van der Waals surface area contributed by atoms with Crippen LogP contribution in [0.15, 0.2) is 24.8 Å². The zero-order chi connectivity index (χ0) is 18.1. The Bertz CT molecular complexity index is 1060. The molecule has 0 unspecified atom stereocenters. The second-order valence-corrected chi connectivity index (χ2v) is 6.21. The van der Waals surface area contributed by atoms with Gasteiger partial charge in [-0.2, -0.15) is 0 Å². The molecule has 5 heteroatoms. The maximum absolute atomic E-state index is 13.7. The molecule has 130 valence electrons. The number of aromatic nitrogens is 2. The number of H-pyrrole nitrogens is 2. The third kappa shape index (κ3) is 3.10. The van der Waals surface area contributed by atoms with Gasteiger partial charge in [0, 0.05) is 57.2 Å². The molecule has 4 nitrogen and oxygen atoms in total. The fourth-order valence-corrected chi connectivity index (χ4v) is 3.23. The Balaban J connectivity index is 2.15. The second kappa shape index (κ2) is 6.61. The smallest absolute Gasteiger partial charge is 0.123 e. The van der Waals surface area contributed by atoms with Crippen LogP contribution in [0, 0.1) is 19.7 Å². The molecule has 2 heterocycles. The summed E-state index contributed by atoms with van der Waals surface area (Å²) in [7, 11) is 0. The van der Waals surface area contributed by atoms with Gasteiger partial charge in [0.05, 0.1) is 0 Å². The van der Waals surface area contributed by atoms with Crippen LogP contribution in [0.5, 0.6) is 0 Å². The summed E-state index contributed by atoms with van der Waals surface area (Å²) in [5.74, 6) is -0.263. The van der Waals surface area contributed by atoms with Crippen molar-refractivity contribution in [3.05, 3.63) is 63.7 Å². The minimum atomic E-state index is -0.263. The molecule has 2 aromatic heterocycles. The first kappa shape index (κ1) is 17.0. The van der Waals surface area contributed by atoms with Gasteiger partial charge in [0.1, 0.15) is 5.82 Å². The van der Waals surface area contributed by atoms with Crippen LogP contribution in [-0.2, 0) is 0 Å². The van der Waals surface area contributed by atoms with Crippen LogP contribution in [0.4, 0.5) is 4.39 Å². The van der Waals surface area contributed by atoms with Gasteiger partial charge in [-0.05, 0) is 43.7 Å². The number of rotatable bonds is 5. The van der Waals surface area contributed by atoms with E-state index in [4.69, 9.17) is 5.73 Å². The highest BCUT2D eigenvalue weighted by atomic mass is 19.1. The van der Waals surface area contributed by atoms with Crippen molar-refractivity contribution < 1.29 is 4.39 Å². The molecule has 0 aliphatic carbocycles. The van der Waals surface area contributed by atoms with Gasteiger partial charge in [-0.15, -0.1) is 0 Å². The quantitative estimate of drug-likeness (QED) is 0.575. The zero-order valence-electron chi connectivity index (χ0n) is 14.6. The highest BCUT2D eigenvalue weighted by Gasteiger charge is 2.13. The molecular formula is C20H23FN4. The summed E-state index contributed by atoms with van der Waals surface area (Å²) in [5, 5.41) is 5.69. The summed E-state index contributed by atoms with van der Waals surface area (Å²) in [6.07, 6.45) is 2.00. The van der Waals surface area contributed by atoms with Crippen molar-refractivity contribution in [3.8, 4) is 0 Å². The Morgan fingerprint density at radius 2 is 2.08 bits per heavy atom. The lowest BCUT2D eigenvalue weighted by molar-refractivity contribution is 0.629. The van der Waals surface area contributed by atoms with Crippen molar-refractivity contribution in [1.29, 1.82) is 0 Å². The van der Waals surface area contributed by atoms with Gasteiger partial charge < -0.3 is 21.0 Å². The van der Waals surface area contributed by atoms with E-state index < -0.39 is 0 Å². The SMILES string of the molecule is C=C(NCCN)c1c(C)[nH]c(/C=c2\c(=C)[nH]c3ccc(F)cc23)c1C. The van der Waals surface area contributed by atoms with E-state index in [9.17, 15) is 4.39 Å². The number of nitrogens with one attached hydrogen (secondary N) is 3. The summed E-state index contributed by atoms with van der Waals surface area (Å²) >= 11 is 0. The standard InChI is InChI=1S/C20H23FN4/c1-11-19(25-14(4)20(11)13(3)23-8-7-22)10-16-12(2)24-18-6-5-15(21)9-17(16)18/h5-6,9-10,23-25H,2-3,7-8,22H2,1,4H3/b16-10+. The van der Waals surface area contributed by atoms with Gasteiger partial charge >= 0.3 is 0 Å². The van der Waals surface area contributed by atoms with Crippen LogP contribution in [0.25, 0.3) is 29.3 Å². The van der Waals surface area contributed by atoms with Gasteiger partial charge in [0.2, 0.25) is 0 Å². The van der Waals surface area contributed by atoms with Crippen LogP contribution in [0.1, 0.15) is 22.5 Å². The molecule has 25 heavy (non-hydrogen) atoms. The summed E-state index contributed by atoms with van der Waals surface area (Å²) in [5.41, 5.74) is 11.4. The Morgan fingerprint density at radius 3 is 2.80 bits per heavy atom. The van der Waals surface area contributed by atoms with E-state index in [0.717, 1.165) is 49.7 Å². The van der Waals surface area contributed by atoms with E-state index in [1.807, 2.05) is 19.9 Å². The topological polar surface area (TPSA) is 69.6 Å². The predicted molar refractivity (Wildman–Crippen MR) is 103 cm³/mol. The molecule has 3 rings (SSSR count). The third-order valence-corrected chi connectivity index (χ3v) is 4.43. The highest BCUT2D eigenvalue weighted by molar-refractivity contribution is 5.82. The van der Waals surface area contributed by atoms with E-state index >= 15 is 0 Å². The number of nitrogens with two attached hydrogens (primary N) is 1. The molecule has 0 radical (unpaired) electrons. The molecule has 0 saturated carbocycles. The third-order valence-electron chi connectivity index (χ3n) is 4.43. The Kier molecular flexibility index (Phi) is 4.51. The number of benzene rings is 1. The fraction of sp³-hybridized carbons (Fsp3) is 0.200. The number of fused-ring (bicyclic) bond motifs is 1. The second-order valence-electron chi connectivity index (χ2n) is 6.21. The average Bonchev–Trinajstić information content (AvgIpc) is 3.02. The van der Waals surface area contributed by atoms with Crippen molar-refractivity contribution in [2.45, 2.75) is 13.8 Å². The van der Waals surface area contributed by atoms with Crippen molar-refractivity contribution in [3.63, 3.8) is 0 Å². The number of hydrogen-bond donors (Lipinski definition) is 4. The minimum Gasteiger partial charge on any atom is -0.384 e. The largest absolute Gasteiger partial charge is 0.384 e. The van der Waals surface area contributed by atoms with E-state index in [0.29, 0.717) is 13.1 Å². The lowest BCUT2D eigenvalue weighted by Gasteiger charge is -2.09. The van der Waals surface area contributed by atoms with Crippen LogP contribution in [0.2, 0.25) is 0 Å². The van der Waals surface area contributed by atoms with Crippen molar-refractivity contribution in [2.24, 2.45) is 5.73 Å². The maximum atomic E-state index is 13.7. The first-order valence-electron chi connectivity index (χ1n) is 8.22. The van der Waals surface area contributed by atoms with E-state index in [-0.39, 0.29) is 5.82 Å². The van der Waals surface area contributed by atoms with Gasteiger partial charge in [-0.25, -0.2) is 4.39 Å². The summed E-state index contributed by atoms with van der Waals surface area (Å²) in [6.45, 7) is 13.4. The Labute approximate surface area is 145 Å². The van der Waals surface area contributed by atoms with Crippen LogP contribution < -0.4 is 21.6 Å². The molecule has 0 aliphatic rings. The highest BCUT2D eigenvalue weighted by Crippen LogP contribution is 2.23. The Hall–Kier alpha value is -2.79. The summed E-state index contributed by atoms with van der Waals surface area (Å²) < 4.78 is 13.7. The van der Waals surface area contributed by atoms with Crippen LogP contribution >= 0.6 is 0 Å². The van der Waals surface area contributed by atoms with Crippen molar-refractivity contribution >= 4 is 29.3 Å². The first-order chi connectivity index (χ1) is 11.9. The predicted octanol–water partition coefficient (Wildman–Crippen LogP) is 2.01. The number of hydrogen-bond acceptors (Lipinski definition) is 2. The number of aryl methyl sites for hydroxylation is 1. The summed E-state index contributed by atoms with van der Waals surface area (Å²) in [6, 6.07) is 4.70. The molecule has 1 aromatic carbocycles. The number of aromatic amines is 2. The van der Waals surface area contributed by atoms with E-state index in [1.165, 1.54) is 12.1 Å². The summed E-state index contributed by atoms with van der Waals surface area (Å²) in [4.78, 5) is 6.59. The van der Waals surface area contributed by atoms with Gasteiger partial charge in [0.25, 0.3) is 0 Å². The molecule has 0 saturated heterocycles. The first-order valence-corrected chi connectivity index (χ1v) is 8.22.